The summed E-state index contributed by atoms with van der Waals surface area (Å²) in [6.45, 7) is 4.22. The lowest BCUT2D eigenvalue weighted by molar-refractivity contribution is 0.143. The predicted molar refractivity (Wildman–Crippen MR) is 83.6 cm³/mol. The van der Waals surface area contributed by atoms with Crippen LogP contribution in [0.5, 0.6) is 5.75 Å². The fourth-order valence-electron chi connectivity index (χ4n) is 3.76. The average molecular weight is 280 g/mol. The third-order valence-corrected chi connectivity index (χ3v) is 4.77. The van der Waals surface area contributed by atoms with Gasteiger partial charge in [-0.1, -0.05) is 36.4 Å². The molecule has 1 saturated heterocycles. The van der Waals surface area contributed by atoms with Gasteiger partial charge in [-0.2, -0.15) is 0 Å². The van der Waals surface area contributed by atoms with Gasteiger partial charge in [0, 0.05) is 38.1 Å². The van der Waals surface area contributed by atoms with Crippen molar-refractivity contribution in [2.24, 2.45) is 0 Å². The Kier molecular flexibility index (Phi) is 3.17. The molecule has 2 aromatic rings. The average Bonchev–Trinajstić information content (AvgIpc) is 2.54. The number of piperazine rings is 1. The van der Waals surface area contributed by atoms with Crippen molar-refractivity contribution < 1.29 is 5.11 Å². The molecule has 1 fully saturated rings. The van der Waals surface area contributed by atoms with Gasteiger partial charge in [-0.25, -0.2) is 0 Å². The van der Waals surface area contributed by atoms with Crippen LogP contribution in [-0.2, 0) is 0 Å². The van der Waals surface area contributed by atoms with Gasteiger partial charge in [0.25, 0.3) is 0 Å². The molecule has 2 aliphatic rings. The smallest absolute Gasteiger partial charge is 0.115 e. The molecule has 0 radical (unpaired) electrons. The van der Waals surface area contributed by atoms with Gasteiger partial charge in [0.05, 0.1) is 0 Å². The number of nitrogens with zero attached hydrogens (tertiary/aromatic N) is 1. The van der Waals surface area contributed by atoms with E-state index in [0.717, 1.165) is 26.2 Å². The highest BCUT2D eigenvalue weighted by Gasteiger charge is 2.34. The molecule has 21 heavy (non-hydrogen) atoms. The largest absolute Gasteiger partial charge is 0.508 e. The summed E-state index contributed by atoms with van der Waals surface area (Å²) in [6.07, 6.45) is 0. The first kappa shape index (κ1) is 12.9. The first-order chi connectivity index (χ1) is 10.3. The van der Waals surface area contributed by atoms with E-state index in [4.69, 9.17) is 0 Å². The number of phenols is 1. The van der Waals surface area contributed by atoms with Gasteiger partial charge in [0.15, 0.2) is 0 Å². The van der Waals surface area contributed by atoms with Crippen molar-refractivity contribution in [1.29, 1.82) is 0 Å². The van der Waals surface area contributed by atoms with E-state index in [1.54, 1.807) is 6.07 Å². The molecule has 3 heteroatoms. The fraction of sp³-hybridized carbons (Fsp3) is 0.333. The van der Waals surface area contributed by atoms with Gasteiger partial charge in [-0.3, -0.25) is 4.90 Å². The summed E-state index contributed by atoms with van der Waals surface area (Å²) >= 11 is 0. The highest BCUT2D eigenvalue weighted by Crippen LogP contribution is 2.40. The molecular formula is C18H20N2O. The van der Waals surface area contributed by atoms with Crippen LogP contribution in [0.2, 0.25) is 0 Å². The van der Waals surface area contributed by atoms with Crippen LogP contribution >= 0.6 is 0 Å². The molecule has 4 rings (SSSR count). The number of hydrogen-bond donors (Lipinski definition) is 2. The summed E-state index contributed by atoms with van der Waals surface area (Å²) in [5.41, 5.74) is 4.05. The van der Waals surface area contributed by atoms with Crippen molar-refractivity contribution in [3.05, 3.63) is 65.2 Å². The van der Waals surface area contributed by atoms with Crippen LogP contribution in [0.4, 0.5) is 0 Å². The minimum Gasteiger partial charge on any atom is -0.508 e. The number of benzene rings is 2. The molecule has 2 atom stereocenters. The van der Waals surface area contributed by atoms with Gasteiger partial charge < -0.3 is 10.4 Å². The second kappa shape index (κ2) is 5.17. The maximum absolute atomic E-state index is 9.80. The molecule has 0 saturated carbocycles. The second-order valence-corrected chi connectivity index (χ2v) is 5.99. The molecule has 2 N–H and O–H groups in total. The van der Waals surface area contributed by atoms with Crippen molar-refractivity contribution >= 4 is 0 Å². The van der Waals surface area contributed by atoms with Gasteiger partial charge in [0.1, 0.15) is 5.75 Å². The molecule has 2 aliphatic heterocycles. The number of phenolic OH excluding ortho intramolecular Hbond substituents is 1. The molecule has 0 unspecified atom stereocenters. The Bertz CT molecular complexity index is 655. The zero-order valence-corrected chi connectivity index (χ0v) is 12.0. The van der Waals surface area contributed by atoms with Crippen LogP contribution in [0.3, 0.4) is 0 Å². The van der Waals surface area contributed by atoms with Crippen LogP contribution in [0.1, 0.15) is 28.7 Å². The number of rotatable bonds is 1. The molecule has 0 aliphatic carbocycles. The molecule has 0 aromatic heterocycles. The van der Waals surface area contributed by atoms with E-state index in [2.05, 4.69) is 40.5 Å². The lowest BCUT2D eigenvalue weighted by Crippen LogP contribution is -2.50. The molecule has 0 bridgehead atoms. The Labute approximate surface area is 125 Å². The summed E-state index contributed by atoms with van der Waals surface area (Å²) in [5, 5.41) is 13.3. The Morgan fingerprint density at radius 1 is 1.05 bits per heavy atom. The molecule has 108 valence electrons. The van der Waals surface area contributed by atoms with Gasteiger partial charge >= 0.3 is 0 Å². The van der Waals surface area contributed by atoms with E-state index < -0.39 is 0 Å². The van der Waals surface area contributed by atoms with E-state index in [1.165, 1.54) is 16.7 Å². The molecule has 2 heterocycles. The minimum absolute atomic E-state index is 0.350. The molecular weight excluding hydrogens is 260 g/mol. The van der Waals surface area contributed by atoms with Crippen molar-refractivity contribution in [3.8, 4) is 5.75 Å². The van der Waals surface area contributed by atoms with E-state index in [0.29, 0.717) is 17.7 Å². The number of nitrogens with one attached hydrogen (secondary N) is 1. The Hall–Kier alpha value is -1.84. The Balaban J connectivity index is 1.81. The second-order valence-electron chi connectivity index (χ2n) is 5.99. The highest BCUT2D eigenvalue weighted by molar-refractivity contribution is 5.44. The van der Waals surface area contributed by atoms with E-state index in [1.807, 2.05) is 12.1 Å². The molecule has 2 aromatic carbocycles. The first-order valence-corrected chi connectivity index (χ1v) is 7.65. The van der Waals surface area contributed by atoms with Crippen LogP contribution in [-0.4, -0.2) is 36.2 Å². The predicted octanol–water partition coefficient (Wildman–Crippen LogP) is 2.48. The number of aromatic hydroxyl groups is 1. The van der Waals surface area contributed by atoms with E-state index >= 15 is 0 Å². The fourth-order valence-corrected chi connectivity index (χ4v) is 3.76. The topological polar surface area (TPSA) is 35.5 Å². The standard InChI is InChI=1S/C18H20N2O/c21-14-5-3-4-13(10-14)17-12-20-9-8-19-11-18(20)16-7-2-1-6-15(16)17/h1-7,10,17-19,21H,8-9,11-12H2/t17-,18+/m1/s1. The molecule has 0 spiro atoms. The summed E-state index contributed by atoms with van der Waals surface area (Å²) in [7, 11) is 0. The zero-order chi connectivity index (χ0) is 14.2. The zero-order valence-electron chi connectivity index (χ0n) is 12.0. The normalized spacial score (nSPS) is 25.1. The van der Waals surface area contributed by atoms with Crippen molar-refractivity contribution in [2.45, 2.75) is 12.0 Å². The van der Waals surface area contributed by atoms with E-state index in [-0.39, 0.29) is 0 Å². The monoisotopic (exact) mass is 280 g/mol. The minimum atomic E-state index is 0.350. The highest BCUT2D eigenvalue weighted by atomic mass is 16.3. The maximum atomic E-state index is 9.80. The third-order valence-electron chi connectivity index (χ3n) is 4.77. The Morgan fingerprint density at radius 2 is 1.90 bits per heavy atom. The summed E-state index contributed by atoms with van der Waals surface area (Å²) in [4.78, 5) is 2.58. The summed E-state index contributed by atoms with van der Waals surface area (Å²) in [6, 6.07) is 17.0. The van der Waals surface area contributed by atoms with Crippen LogP contribution in [0.15, 0.2) is 48.5 Å². The van der Waals surface area contributed by atoms with Crippen molar-refractivity contribution in [3.63, 3.8) is 0 Å². The van der Waals surface area contributed by atoms with Gasteiger partial charge in [0.2, 0.25) is 0 Å². The summed E-state index contributed by atoms with van der Waals surface area (Å²) < 4.78 is 0. The number of hydrogen-bond acceptors (Lipinski definition) is 3. The molecule has 0 amide bonds. The van der Waals surface area contributed by atoms with Crippen LogP contribution in [0, 0.1) is 0 Å². The quantitative estimate of drug-likeness (QED) is 0.842. The van der Waals surface area contributed by atoms with Gasteiger partial charge in [-0.15, -0.1) is 0 Å². The number of fused-ring (bicyclic) bond motifs is 3. The first-order valence-electron chi connectivity index (χ1n) is 7.65. The lowest BCUT2D eigenvalue weighted by atomic mass is 9.81. The van der Waals surface area contributed by atoms with Gasteiger partial charge in [-0.05, 0) is 28.8 Å². The third kappa shape index (κ3) is 2.23. The van der Waals surface area contributed by atoms with Crippen LogP contribution < -0.4 is 5.32 Å². The van der Waals surface area contributed by atoms with Crippen LogP contribution in [0.25, 0.3) is 0 Å². The van der Waals surface area contributed by atoms with E-state index in [9.17, 15) is 5.11 Å². The lowest BCUT2D eigenvalue weighted by Gasteiger charge is -2.44. The van der Waals surface area contributed by atoms with Crippen molar-refractivity contribution in [2.75, 3.05) is 26.2 Å². The Morgan fingerprint density at radius 3 is 2.76 bits per heavy atom. The summed E-state index contributed by atoms with van der Waals surface area (Å²) in [5.74, 6) is 0.704. The SMILES string of the molecule is Oc1cccc([C@H]2CN3CCNC[C@H]3c3ccccc32)c1. The maximum Gasteiger partial charge on any atom is 0.115 e. The van der Waals surface area contributed by atoms with Crippen molar-refractivity contribution in [1.82, 2.24) is 10.2 Å². The molecule has 3 nitrogen and oxygen atoms in total.